The zero-order valence-corrected chi connectivity index (χ0v) is 12.0. The highest BCUT2D eigenvalue weighted by molar-refractivity contribution is 7.13. The molecule has 1 atom stereocenters. The van der Waals surface area contributed by atoms with Crippen molar-refractivity contribution in [2.75, 3.05) is 6.54 Å². The van der Waals surface area contributed by atoms with Gasteiger partial charge >= 0.3 is 0 Å². The highest BCUT2D eigenvalue weighted by atomic mass is 32.1. The molecule has 1 fully saturated rings. The van der Waals surface area contributed by atoms with Crippen LogP contribution in [-0.2, 0) is 6.42 Å². The van der Waals surface area contributed by atoms with Gasteiger partial charge in [-0.1, -0.05) is 6.92 Å². The molecular formula is C13H20N2O2S. The number of rotatable bonds is 3. The Hall–Kier alpha value is -0.940. The third-order valence-corrected chi connectivity index (χ3v) is 4.53. The normalized spacial score (nSPS) is 20.4. The summed E-state index contributed by atoms with van der Waals surface area (Å²) in [5, 5.41) is 11.1. The lowest BCUT2D eigenvalue weighted by Crippen LogP contribution is -2.48. The molecule has 100 valence electrons. The van der Waals surface area contributed by atoms with Crippen LogP contribution < -0.4 is 0 Å². The van der Waals surface area contributed by atoms with Crippen LogP contribution in [0.15, 0.2) is 6.20 Å². The van der Waals surface area contributed by atoms with Gasteiger partial charge in [0.15, 0.2) is 0 Å². The van der Waals surface area contributed by atoms with E-state index in [1.807, 2.05) is 6.92 Å². The topological polar surface area (TPSA) is 53.4 Å². The van der Waals surface area contributed by atoms with Gasteiger partial charge in [0.25, 0.3) is 5.91 Å². The summed E-state index contributed by atoms with van der Waals surface area (Å²) in [6, 6.07) is -0.0859. The number of carbonyl (C=O) groups is 1. The Morgan fingerprint density at radius 3 is 2.94 bits per heavy atom. The van der Waals surface area contributed by atoms with Crippen molar-refractivity contribution in [2.24, 2.45) is 0 Å². The Kier molecular flexibility index (Phi) is 3.73. The largest absolute Gasteiger partial charge is 0.388 e. The fourth-order valence-electron chi connectivity index (χ4n) is 2.46. The second-order valence-corrected chi connectivity index (χ2v) is 6.40. The molecule has 1 N–H and O–H groups in total. The molecule has 1 amide bonds. The monoisotopic (exact) mass is 268 g/mol. The van der Waals surface area contributed by atoms with Gasteiger partial charge in [-0.15, -0.1) is 11.3 Å². The highest BCUT2D eigenvalue weighted by Crippen LogP contribution is 2.29. The first kappa shape index (κ1) is 13.5. The molecule has 0 bridgehead atoms. The molecule has 2 rings (SSSR count). The molecule has 0 spiro atoms. The van der Waals surface area contributed by atoms with Crippen LogP contribution in [0.4, 0.5) is 0 Å². The van der Waals surface area contributed by atoms with E-state index in [9.17, 15) is 9.90 Å². The van der Waals surface area contributed by atoms with Gasteiger partial charge in [-0.2, -0.15) is 0 Å². The van der Waals surface area contributed by atoms with E-state index in [0.29, 0.717) is 4.88 Å². The Morgan fingerprint density at radius 1 is 1.67 bits per heavy atom. The second-order valence-electron chi connectivity index (χ2n) is 5.28. The van der Waals surface area contributed by atoms with E-state index in [4.69, 9.17) is 0 Å². The van der Waals surface area contributed by atoms with Crippen molar-refractivity contribution in [1.29, 1.82) is 0 Å². The summed E-state index contributed by atoms with van der Waals surface area (Å²) in [5.74, 6) is 0.0109. The number of aliphatic hydroxyl groups is 1. The fraction of sp³-hybridized carbons (Fsp3) is 0.692. The van der Waals surface area contributed by atoms with Crippen molar-refractivity contribution in [1.82, 2.24) is 9.88 Å². The molecular weight excluding hydrogens is 248 g/mol. The van der Waals surface area contributed by atoms with Gasteiger partial charge in [0.1, 0.15) is 4.88 Å². The molecule has 1 unspecified atom stereocenters. The average molecular weight is 268 g/mol. The summed E-state index contributed by atoms with van der Waals surface area (Å²) >= 11 is 1.46. The smallest absolute Gasteiger partial charge is 0.265 e. The lowest BCUT2D eigenvalue weighted by atomic mass is 9.96. The van der Waals surface area contributed by atoms with Crippen LogP contribution in [0.3, 0.4) is 0 Å². The quantitative estimate of drug-likeness (QED) is 0.913. The SMILES string of the molecule is CCc1ncc(C(=O)N2CCCC2C(C)(C)O)s1. The van der Waals surface area contributed by atoms with Gasteiger partial charge in [-0.3, -0.25) is 4.79 Å². The molecule has 0 saturated carbocycles. The lowest BCUT2D eigenvalue weighted by Gasteiger charge is -2.33. The minimum Gasteiger partial charge on any atom is -0.388 e. The summed E-state index contributed by atoms with van der Waals surface area (Å²) in [6.07, 6.45) is 4.34. The lowest BCUT2D eigenvalue weighted by molar-refractivity contribution is 0.000510. The molecule has 0 radical (unpaired) electrons. The number of nitrogens with zero attached hydrogens (tertiary/aromatic N) is 2. The molecule has 1 saturated heterocycles. The Labute approximate surface area is 112 Å². The van der Waals surface area contributed by atoms with E-state index in [1.165, 1.54) is 11.3 Å². The van der Waals surface area contributed by atoms with Gasteiger partial charge < -0.3 is 10.0 Å². The maximum Gasteiger partial charge on any atom is 0.265 e. The van der Waals surface area contributed by atoms with Gasteiger partial charge in [-0.05, 0) is 33.1 Å². The first-order chi connectivity index (χ1) is 8.43. The van der Waals surface area contributed by atoms with Crippen LogP contribution >= 0.6 is 11.3 Å². The zero-order chi connectivity index (χ0) is 13.3. The van der Waals surface area contributed by atoms with E-state index in [1.54, 1.807) is 24.9 Å². The van der Waals surface area contributed by atoms with Crippen molar-refractivity contribution in [3.05, 3.63) is 16.1 Å². The summed E-state index contributed by atoms with van der Waals surface area (Å²) in [6.45, 7) is 6.30. The maximum atomic E-state index is 12.4. The maximum absolute atomic E-state index is 12.4. The van der Waals surface area contributed by atoms with Crippen molar-refractivity contribution < 1.29 is 9.90 Å². The predicted octanol–water partition coefficient (Wildman–Crippen LogP) is 2.08. The van der Waals surface area contributed by atoms with Crippen LogP contribution in [0.1, 0.15) is 48.3 Å². The number of amides is 1. The zero-order valence-electron chi connectivity index (χ0n) is 11.1. The van der Waals surface area contributed by atoms with Crippen LogP contribution in [0.25, 0.3) is 0 Å². The number of likely N-dealkylation sites (tertiary alicyclic amines) is 1. The summed E-state index contributed by atoms with van der Waals surface area (Å²) in [5.41, 5.74) is -0.843. The number of hydrogen-bond donors (Lipinski definition) is 1. The fourth-order valence-corrected chi connectivity index (χ4v) is 3.27. The van der Waals surface area contributed by atoms with Gasteiger partial charge in [-0.25, -0.2) is 4.98 Å². The Balaban J connectivity index is 2.18. The number of hydrogen-bond acceptors (Lipinski definition) is 4. The molecule has 1 aliphatic rings. The van der Waals surface area contributed by atoms with Gasteiger partial charge in [0.2, 0.25) is 0 Å². The summed E-state index contributed by atoms with van der Waals surface area (Å²) in [4.78, 5) is 19.1. The third-order valence-electron chi connectivity index (χ3n) is 3.40. The molecule has 1 aromatic rings. The molecule has 0 aromatic carbocycles. The molecule has 18 heavy (non-hydrogen) atoms. The van der Waals surface area contributed by atoms with Crippen molar-refractivity contribution in [3.8, 4) is 0 Å². The Morgan fingerprint density at radius 2 is 2.39 bits per heavy atom. The number of aromatic nitrogens is 1. The first-order valence-corrected chi connectivity index (χ1v) is 7.23. The van der Waals surface area contributed by atoms with E-state index in [-0.39, 0.29) is 11.9 Å². The van der Waals surface area contributed by atoms with Crippen LogP contribution in [0.2, 0.25) is 0 Å². The van der Waals surface area contributed by atoms with Crippen LogP contribution in [0.5, 0.6) is 0 Å². The van der Waals surface area contributed by atoms with E-state index in [0.717, 1.165) is 30.8 Å². The van der Waals surface area contributed by atoms with Crippen molar-refractivity contribution in [2.45, 2.75) is 51.7 Å². The van der Waals surface area contributed by atoms with Crippen molar-refractivity contribution in [3.63, 3.8) is 0 Å². The van der Waals surface area contributed by atoms with E-state index in [2.05, 4.69) is 4.98 Å². The molecule has 5 heteroatoms. The molecule has 4 nitrogen and oxygen atoms in total. The minimum atomic E-state index is -0.843. The van der Waals surface area contributed by atoms with Crippen LogP contribution in [0, 0.1) is 0 Å². The summed E-state index contributed by atoms with van der Waals surface area (Å²) < 4.78 is 0. The molecule has 1 aromatic heterocycles. The van der Waals surface area contributed by atoms with Crippen LogP contribution in [-0.4, -0.2) is 39.1 Å². The third kappa shape index (κ3) is 2.57. The average Bonchev–Trinajstić information content (AvgIpc) is 2.96. The summed E-state index contributed by atoms with van der Waals surface area (Å²) in [7, 11) is 0. The second kappa shape index (κ2) is 4.97. The molecule has 2 heterocycles. The minimum absolute atomic E-state index is 0.0109. The standard InChI is InChI=1S/C13H20N2O2S/c1-4-11-14-8-9(18-11)12(16)15-7-5-6-10(15)13(2,3)17/h8,10,17H,4-7H2,1-3H3. The van der Waals surface area contributed by atoms with Gasteiger partial charge in [0, 0.05) is 6.54 Å². The number of carbonyl (C=O) groups excluding carboxylic acids is 1. The van der Waals surface area contributed by atoms with Crippen molar-refractivity contribution >= 4 is 17.2 Å². The van der Waals surface area contributed by atoms with E-state index >= 15 is 0 Å². The molecule has 1 aliphatic heterocycles. The van der Waals surface area contributed by atoms with Gasteiger partial charge in [0.05, 0.1) is 22.8 Å². The predicted molar refractivity (Wildman–Crippen MR) is 71.8 cm³/mol. The number of aryl methyl sites for hydroxylation is 1. The Bertz CT molecular complexity index is 436. The van der Waals surface area contributed by atoms with E-state index < -0.39 is 5.60 Å². The highest BCUT2D eigenvalue weighted by Gasteiger charge is 2.39. The first-order valence-electron chi connectivity index (χ1n) is 6.41. The number of thiazole rings is 1. The molecule has 0 aliphatic carbocycles.